The van der Waals surface area contributed by atoms with Gasteiger partial charge in [-0.2, -0.15) is 0 Å². The van der Waals surface area contributed by atoms with Gasteiger partial charge >= 0.3 is 0 Å². The van der Waals surface area contributed by atoms with Gasteiger partial charge in [0.15, 0.2) is 5.96 Å². The third kappa shape index (κ3) is 5.87. The number of rotatable bonds is 6. The van der Waals surface area contributed by atoms with E-state index in [0.29, 0.717) is 11.6 Å². The van der Waals surface area contributed by atoms with Gasteiger partial charge in [0.1, 0.15) is 18.1 Å². The predicted molar refractivity (Wildman–Crippen MR) is 106 cm³/mol. The molecular weight excluding hydrogens is 366 g/mol. The molecule has 1 aromatic carbocycles. The van der Waals surface area contributed by atoms with E-state index in [1.165, 1.54) is 0 Å². The summed E-state index contributed by atoms with van der Waals surface area (Å²) < 4.78 is 10.8. The van der Waals surface area contributed by atoms with E-state index in [1.54, 1.807) is 6.26 Å². The Labute approximate surface area is 164 Å². The van der Waals surface area contributed by atoms with Gasteiger partial charge in [-0.1, -0.05) is 16.8 Å². The fourth-order valence-electron chi connectivity index (χ4n) is 3.02. The molecule has 146 valence electrons. The van der Waals surface area contributed by atoms with E-state index < -0.39 is 0 Å². The van der Waals surface area contributed by atoms with Crippen LogP contribution in [0.5, 0.6) is 5.75 Å². The standard InChI is InChI=1S/C19H26ClN5O2/c1-15(27-18-5-3-16(20)4-6-18)13-22-19(21-2)25-10-8-24(9-11-25)14-17-7-12-26-23-17/h3-7,12,15H,8-11,13-14H2,1-2H3,(H,21,22). The number of aliphatic imine (C=N–C) groups is 1. The van der Waals surface area contributed by atoms with E-state index in [1.807, 2.05) is 44.3 Å². The van der Waals surface area contributed by atoms with Crippen LogP contribution in [0, 0.1) is 0 Å². The Morgan fingerprint density at radius 1 is 1.26 bits per heavy atom. The van der Waals surface area contributed by atoms with Crippen molar-refractivity contribution in [3.63, 3.8) is 0 Å². The normalized spacial score (nSPS) is 17.0. The second-order valence-electron chi connectivity index (χ2n) is 6.56. The summed E-state index contributed by atoms with van der Waals surface area (Å²) in [6.45, 7) is 7.30. The number of hydrogen-bond donors (Lipinski definition) is 1. The molecule has 0 aliphatic carbocycles. The molecule has 0 amide bonds. The van der Waals surface area contributed by atoms with Crippen LogP contribution in [-0.4, -0.2) is 66.8 Å². The van der Waals surface area contributed by atoms with Crippen LogP contribution < -0.4 is 10.1 Å². The minimum absolute atomic E-state index is 0.0105. The zero-order chi connectivity index (χ0) is 19.1. The highest BCUT2D eigenvalue weighted by Crippen LogP contribution is 2.16. The molecule has 1 atom stereocenters. The third-order valence-electron chi connectivity index (χ3n) is 4.46. The quantitative estimate of drug-likeness (QED) is 0.602. The van der Waals surface area contributed by atoms with Crippen LogP contribution in [0.3, 0.4) is 0 Å². The van der Waals surface area contributed by atoms with Gasteiger partial charge in [0.2, 0.25) is 0 Å². The molecule has 1 unspecified atom stereocenters. The van der Waals surface area contributed by atoms with Crippen molar-refractivity contribution >= 4 is 17.6 Å². The molecule has 0 bridgehead atoms. The van der Waals surface area contributed by atoms with Crippen LogP contribution in [0.1, 0.15) is 12.6 Å². The molecule has 2 heterocycles. The summed E-state index contributed by atoms with van der Waals surface area (Å²) in [6, 6.07) is 9.32. The van der Waals surface area contributed by atoms with Crippen LogP contribution in [-0.2, 0) is 6.54 Å². The molecule has 1 N–H and O–H groups in total. The molecule has 3 rings (SSSR count). The van der Waals surface area contributed by atoms with Crippen LogP contribution >= 0.6 is 11.6 Å². The summed E-state index contributed by atoms with van der Waals surface area (Å²) in [5, 5.41) is 8.10. The molecule has 8 heteroatoms. The number of nitrogens with zero attached hydrogens (tertiary/aromatic N) is 4. The maximum atomic E-state index is 5.91. The summed E-state index contributed by atoms with van der Waals surface area (Å²) in [6.07, 6.45) is 1.63. The lowest BCUT2D eigenvalue weighted by atomic mass is 10.3. The molecule has 1 saturated heterocycles. The number of hydrogen-bond acceptors (Lipinski definition) is 5. The highest BCUT2D eigenvalue weighted by atomic mass is 35.5. The minimum Gasteiger partial charge on any atom is -0.489 e. The van der Waals surface area contributed by atoms with E-state index in [-0.39, 0.29) is 6.10 Å². The summed E-state index contributed by atoms with van der Waals surface area (Å²) >= 11 is 5.90. The second kappa shape index (κ2) is 9.62. The number of guanidine groups is 1. The van der Waals surface area contributed by atoms with Gasteiger partial charge in [0.05, 0.1) is 12.2 Å². The van der Waals surface area contributed by atoms with Gasteiger partial charge in [-0.15, -0.1) is 0 Å². The maximum Gasteiger partial charge on any atom is 0.193 e. The highest BCUT2D eigenvalue weighted by Gasteiger charge is 2.20. The lowest BCUT2D eigenvalue weighted by Gasteiger charge is -2.36. The Balaban J connectivity index is 1.42. The Hall–Kier alpha value is -2.25. The first-order valence-electron chi connectivity index (χ1n) is 9.13. The summed E-state index contributed by atoms with van der Waals surface area (Å²) in [7, 11) is 1.81. The smallest absolute Gasteiger partial charge is 0.193 e. The van der Waals surface area contributed by atoms with E-state index in [2.05, 4.69) is 25.3 Å². The van der Waals surface area contributed by atoms with E-state index in [4.69, 9.17) is 20.9 Å². The van der Waals surface area contributed by atoms with E-state index in [0.717, 1.165) is 50.1 Å². The lowest BCUT2D eigenvalue weighted by Crippen LogP contribution is -2.53. The van der Waals surface area contributed by atoms with Gasteiger partial charge in [-0.25, -0.2) is 0 Å². The van der Waals surface area contributed by atoms with Gasteiger partial charge in [0, 0.05) is 50.9 Å². The molecule has 0 radical (unpaired) electrons. The summed E-state index contributed by atoms with van der Waals surface area (Å²) in [5.41, 5.74) is 0.971. The monoisotopic (exact) mass is 391 g/mol. The van der Waals surface area contributed by atoms with Crippen molar-refractivity contribution in [3.05, 3.63) is 47.3 Å². The zero-order valence-electron chi connectivity index (χ0n) is 15.8. The number of halogens is 1. The summed E-state index contributed by atoms with van der Waals surface area (Å²) in [4.78, 5) is 9.06. The molecule has 0 spiro atoms. The lowest BCUT2D eigenvalue weighted by molar-refractivity contribution is 0.167. The third-order valence-corrected chi connectivity index (χ3v) is 4.71. The second-order valence-corrected chi connectivity index (χ2v) is 7.00. The zero-order valence-corrected chi connectivity index (χ0v) is 16.5. The fourth-order valence-corrected chi connectivity index (χ4v) is 3.15. The van der Waals surface area contributed by atoms with Gasteiger partial charge in [0.25, 0.3) is 0 Å². The number of ether oxygens (including phenoxy) is 1. The SMILES string of the molecule is CN=C(NCC(C)Oc1ccc(Cl)cc1)N1CCN(Cc2ccon2)CC1. The maximum absolute atomic E-state index is 5.91. The van der Waals surface area contributed by atoms with Crippen LogP contribution in [0.2, 0.25) is 5.02 Å². The van der Waals surface area contributed by atoms with Crippen molar-refractivity contribution in [2.45, 2.75) is 19.6 Å². The van der Waals surface area contributed by atoms with E-state index >= 15 is 0 Å². The first-order chi connectivity index (χ1) is 13.1. The molecule has 27 heavy (non-hydrogen) atoms. The first-order valence-corrected chi connectivity index (χ1v) is 9.51. The number of aromatic nitrogens is 1. The van der Waals surface area contributed by atoms with Crippen molar-refractivity contribution in [1.82, 2.24) is 20.3 Å². The minimum atomic E-state index is 0.0105. The van der Waals surface area contributed by atoms with Crippen LogP contribution in [0.4, 0.5) is 0 Å². The van der Waals surface area contributed by atoms with Crippen molar-refractivity contribution in [2.75, 3.05) is 39.8 Å². The Kier molecular flexibility index (Phi) is 6.95. The van der Waals surface area contributed by atoms with Gasteiger partial charge < -0.3 is 19.5 Å². The highest BCUT2D eigenvalue weighted by molar-refractivity contribution is 6.30. The summed E-state index contributed by atoms with van der Waals surface area (Å²) in [5.74, 6) is 1.72. The van der Waals surface area contributed by atoms with Crippen molar-refractivity contribution in [1.29, 1.82) is 0 Å². The molecule has 1 aliphatic rings. The van der Waals surface area contributed by atoms with Gasteiger partial charge in [-0.3, -0.25) is 9.89 Å². The fraction of sp³-hybridized carbons (Fsp3) is 0.474. The molecule has 1 aliphatic heterocycles. The average Bonchev–Trinajstić information content (AvgIpc) is 3.18. The van der Waals surface area contributed by atoms with Gasteiger partial charge in [-0.05, 0) is 31.2 Å². The molecule has 7 nitrogen and oxygen atoms in total. The largest absolute Gasteiger partial charge is 0.489 e. The first kappa shape index (κ1) is 19.5. The topological polar surface area (TPSA) is 66.1 Å². The number of nitrogens with one attached hydrogen (secondary N) is 1. The predicted octanol–water partition coefficient (Wildman–Crippen LogP) is 2.49. The van der Waals surface area contributed by atoms with Crippen molar-refractivity contribution < 1.29 is 9.26 Å². The van der Waals surface area contributed by atoms with Crippen molar-refractivity contribution in [3.8, 4) is 5.75 Å². The average molecular weight is 392 g/mol. The molecule has 2 aromatic rings. The Morgan fingerprint density at radius 2 is 2.00 bits per heavy atom. The Morgan fingerprint density at radius 3 is 2.63 bits per heavy atom. The molecule has 0 saturated carbocycles. The van der Waals surface area contributed by atoms with E-state index in [9.17, 15) is 0 Å². The number of piperazine rings is 1. The molecule has 1 aromatic heterocycles. The molecular formula is C19H26ClN5O2. The van der Waals surface area contributed by atoms with Crippen molar-refractivity contribution in [2.24, 2.45) is 4.99 Å². The number of benzene rings is 1. The van der Waals surface area contributed by atoms with Crippen LogP contribution in [0.25, 0.3) is 0 Å². The molecule has 1 fully saturated rings. The Bertz CT molecular complexity index is 712. The van der Waals surface area contributed by atoms with Crippen LogP contribution in [0.15, 0.2) is 46.1 Å².